The summed E-state index contributed by atoms with van der Waals surface area (Å²) in [4.78, 5) is 19.3. The van der Waals surface area contributed by atoms with Crippen LogP contribution in [0.25, 0.3) is 0 Å². The van der Waals surface area contributed by atoms with Gasteiger partial charge in [0.25, 0.3) is 0 Å². The maximum Gasteiger partial charge on any atom is 0.358 e. The number of ether oxygens (including phenoxy) is 2. The van der Waals surface area contributed by atoms with E-state index in [2.05, 4.69) is 16.1 Å². The molecule has 0 aliphatic heterocycles. The fourth-order valence-electron chi connectivity index (χ4n) is 1.13. The number of carbonyl (C=O) groups excluding carboxylic acids is 1. The van der Waals surface area contributed by atoms with Crippen LogP contribution in [-0.4, -0.2) is 48.2 Å². The predicted molar refractivity (Wildman–Crippen MR) is 59.3 cm³/mol. The zero-order valence-corrected chi connectivity index (χ0v) is 10.5. The predicted octanol–water partition coefficient (Wildman–Crippen LogP) is -0.189. The lowest BCUT2D eigenvalue weighted by molar-refractivity contribution is -0.166. The van der Waals surface area contributed by atoms with E-state index in [1.165, 1.54) is 6.92 Å². The van der Waals surface area contributed by atoms with E-state index in [4.69, 9.17) is 9.66 Å². The number of esters is 1. The molecule has 0 rings (SSSR count). The third-order valence-electron chi connectivity index (χ3n) is 1.82. The van der Waals surface area contributed by atoms with Crippen molar-refractivity contribution in [3.8, 4) is 0 Å². The SMILES string of the molecule is C=CCOC(=O)C(CC(=O)O)(OCC)S(=O)(=O)O. The summed E-state index contributed by atoms with van der Waals surface area (Å²) in [7, 11) is -5.13. The molecule has 0 aliphatic rings. The molecule has 18 heavy (non-hydrogen) atoms. The number of carbonyl (C=O) groups is 2. The second kappa shape index (κ2) is 6.47. The molecule has 0 aliphatic carbocycles. The molecule has 9 heteroatoms. The maximum atomic E-state index is 11.6. The van der Waals surface area contributed by atoms with Crippen LogP contribution >= 0.6 is 0 Å². The van der Waals surface area contributed by atoms with Crippen LogP contribution in [0.3, 0.4) is 0 Å². The Balaban J connectivity index is 5.52. The first-order valence-corrected chi connectivity index (χ1v) is 6.26. The summed E-state index contributed by atoms with van der Waals surface area (Å²) in [5.41, 5.74) is 0. The second-order valence-electron chi connectivity index (χ2n) is 3.12. The molecule has 0 bridgehead atoms. The number of carboxylic acid groups (broad SMARTS) is 1. The lowest BCUT2D eigenvalue weighted by Crippen LogP contribution is -2.51. The van der Waals surface area contributed by atoms with Gasteiger partial charge in [-0.05, 0) is 6.92 Å². The summed E-state index contributed by atoms with van der Waals surface area (Å²) in [6.07, 6.45) is -0.116. The zero-order chi connectivity index (χ0) is 14.4. The van der Waals surface area contributed by atoms with Crippen molar-refractivity contribution in [2.75, 3.05) is 13.2 Å². The topological polar surface area (TPSA) is 127 Å². The normalized spacial score (nSPS) is 14.6. The Morgan fingerprint density at radius 2 is 2.00 bits per heavy atom. The lowest BCUT2D eigenvalue weighted by Gasteiger charge is -2.26. The standard InChI is InChI=1S/C9H14O8S/c1-3-5-16-8(12)9(17-4-2,6-7(10)11)18(13,14)15/h3H,1,4-6H2,2H3,(H,10,11)(H,13,14,15). The van der Waals surface area contributed by atoms with Crippen molar-refractivity contribution >= 4 is 22.1 Å². The summed E-state index contributed by atoms with van der Waals surface area (Å²) in [6, 6.07) is 0. The van der Waals surface area contributed by atoms with Gasteiger partial charge in [0.1, 0.15) is 13.0 Å². The minimum absolute atomic E-state index is 0.309. The molecule has 0 saturated heterocycles. The van der Waals surface area contributed by atoms with Crippen molar-refractivity contribution in [3.05, 3.63) is 12.7 Å². The van der Waals surface area contributed by atoms with Gasteiger partial charge in [0.15, 0.2) is 0 Å². The minimum Gasteiger partial charge on any atom is -0.481 e. The molecule has 0 heterocycles. The summed E-state index contributed by atoms with van der Waals surface area (Å²) >= 11 is 0. The van der Waals surface area contributed by atoms with E-state index in [-0.39, 0.29) is 13.2 Å². The first-order valence-electron chi connectivity index (χ1n) is 4.82. The molecule has 0 aromatic heterocycles. The average Bonchev–Trinajstić information content (AvgIpc) is 2.22. The second-order valence-corrected chi connectivity index (χ2v) is 4.73. The van der Waals surface area contributed by atoms with Gasteiger partial charge in [-0.1, -0.05) is 12.7 Å². The molecule has 104 valence electrons. The number of hydrogen-bond acceptors (Lipinski definition) is 6. The summed E-state index contributed by atoms with van der Waals surface area (Å²) < 4.78 is 40.6. The van der Waals surface area contributed by atoms with Crippen LogP contribution < -0.4 is 0 Å². The van der Waals surface area contributed by atoms with Crippen molar-refractivity contribution in [2.45, 2.75) is 18.3 Å². The molecule has 0 amide bonds. The lowest BCUT2D eigenvalue weighted by atomic mass is 10.2. The van der Waals surface area contributed by atoms with Crippen LogP contribution in [0, 0.1) is 0 Å². The van der Waals surface area contributed by atoms with Crippen LogP contribution in [-0.2, 0) is 29.2 Å². The minimum atomic E-state index is -5.13. The Morgan fingerprint density at radius 1 is 1.44 bits per heavy atom. The highest BCUT2D eigenvalue weighted by Gasteiger charge is 2.55. The molecule has 0 aromatic carbocycles. The van der Waals surface area contributed by atoms with E-state index in [1.807, 2.05) is 0 Å². The van der Waals surface area contributed by atoms with E-state index in [1.54, 1.807) is 0 Å². The van der Waals surface area contributed by atoms with Crippen LogP contribution in [0.4, 0.5) is 0 Å². The highest BCUT2D eigenvalue weighted by Crippen LogP contribution is 2.25. The Kier molecular flexibility index (Phi) is 5.95. The molecule has 0 spiro atoms. The molecule has 1 atom stereocenters. The molecule has 0 aromatic rings. The fraction of sp³-hybridized carbons (Fsp3) is 0.556. The number of aliphatic carboxylic acids is 1. The van der Waals surface area contributed by atoms with Crippen LogP contribution in [0.1, 0.15) is 13.3 Å². The number of hydrogen-bond donors (Lipinski definition) is 2. The number of rotatable bonds is 8. The highest BCUT2D eigenvalue weighted by atomic mass is 32.2. The van der Waals surface area contributed by atoms with E-state index >= 15 is 0 Å². The molecule has 0 fully saturated rings. The summed E-state index contributed by atoms with van der Waals surface area (Å²) in [5, 5.41) is 8.63. The van der Waals surface area contributed by atoms with Crippen molar-refractivity contribution in [1.29, 1.82) is 0 Å². The summed E-state index contributed by atoms with van der Waals surface area (Å²) in [5.74, 6) is -3.15. The highest BCUT2D eigenvalue weighted by molar-refractivity contribution is 7.88. The van der Waals surface area contributed by atoms with Gasteiger partial charge in [-0.2, -0.15) is 8.42 Å². The molecule has 1 unspecified atom stereocenters. The first kappa shape index (κ1) is 16.6. The third-order valence-corrected chi connectivity index (χ3v) is 3.08. The molecule has 0 saturated carbocycles. The zero-order valence-electron chi connectivity index (χ0n) is 9.66. The van der Waals surface area contributed by atoms with Gasteiger partial charge < -0.3 is 14.6 Å². The Morgan fingerprint density at radius 3 is 2.33 bits per heavy atom. The smallest absolute Gasteiger partial charge is 0.358 e. The Labute approximate surface area is 104 Å². The third kappa shape index (κ3) is 3.79. The maximum absolute atomic E-state index is 11.6. The van der Waals surface area contributed by atoms with Gasteiger partial charge in [0.05, 0.1) is 0 Å². The van der Waals surface area contributed by atoms with Gasteiger partial charge in [-0.25, -0.2) is 4.79 Å². The van der Waals surface area contributed by atoms with E-state index < -0.39 is 33.4 Å². The van der Waals surface area contributed by atoms with Gasteiger partial charge in [-0.3, -0.25) is 9.35 Å². The Hall–Kier alpha value is -1.45. The largest absolute Gasteiger partial charge is 0.481 e. The molecule has 2 N–H and O–H groups in total. The van der Waals surface area contributed by atoms with E-state index in [9.17, 15) is 18.0 Å². The fourth-order valence-corrected chi connectivity index (χ4v) is 1.97. The van der Waals surface area contributed by atoms with E-state index in [0.29, 0.717) is 0 Å². The van der Waals surface area contributed by atoms with Gasteiger partial charge in [0, 0.05) is 6.61 Å². The van der Waals surface area contributed by atoms with Crippen molar-refractivity contribution in [3.63, 3.8) is 0 Å². The van der Waals surface area contributed by atoms with Crippen molar-refractivity contribution < 1.29 is 37.1 Å². The monoisotopic (exact) mass is 282 g/mol. The molecule has 0 radical (unpaired) electrons. The van der Waals surface area contributed by atoms with Crippen LogP contribution in [0.15, 0.2) is 12.7 Å². The van der Waals surface area contributed by atoms with Gasteiger partial charge in [0.2, 0.25) is 0 Å². The number of carboxylic acids is 1. The molecular weight excluding hydrogens is 268 g/mol. The Bertz CT molecular complexity index is 426. The van der Waals surface area contributed by atoms with Crippen LogP contribution in [0.2, 0.25) is 0 Å². The van der Waals surface area contributed by atoms with Crippen LogP contribution in [0.5, 0.6) is 0 Å². The van der Waals surface area contributed by atoms with E-state index in [0.717, 1.165) is 6.08 Å². The first-order chi connectivity index (χ1) is 8.21. The molecular formula is C9H14O8S. The van der Waals surface area contributed by atoms with Crippen molar-refractivity contribution in [1.82, 2.24) is 0 Å². The van der Waals surface area contributed by atoms with Gasteiger partial charge in [-0.15, -0.1) is 0 Å². The molecule has 8 nitrogen and oxygen atoms in total. The summed E-state index contributed by atoms with van der Waals surface area (Å²) in [6.45, 7) is 3.92. The average molecular weight is 282 g/mol. The quantitative estimate of drug-likeness (QED) is 0.356. The van der Waals surface area contributed by atoms with Gasteiger partial charge >= 0.3 is 27.0 Å². The van der Waals surface area contributed by atoms with Crippen molar-refractivity contribution in [2.24, 2.45) is 0 Å².